The smallest absolute Gasteiger partial charge is 0.161 e. The summed E-state index contributed by atoms with van der Waals surface area (Å²) in [6.07, 6.45) is 6.11. The molecule has 0 aliphatic heterocycles. The van der Waals surface area contributed by atoms with Gasteiger partial charge in [-0.1, -0.05) is 0 Å². The van der Waals surface area contributed by atoms with Crippen LogP contribution in [0.4, 0.5) is 0 Å². The maximum atomic E-state index is 5.87. The third-order valence-electron chi connectivity index (χ3n) is 5.82. The molecule has 0 aromatic carbocycles. The third kappa shape index (κ3) is 1.45. The van der Waals surface area contributed by atoms with E-state index in [1.165, 1.54) is 19.3 Å². The molecular weight excluding hydrogens is 240 g/mol. The van der Waals surface area contributed by atoms with Gasteiger partial charge in [0.2, 0.25) is 0 Å². The first-order valence-electron chi connectivity index (χ1n) is 7.28. The highest BCUT2D eigenvalue weighted by atomic mass is 16.5. The van der Waals surface area contributed by atoms with Crippen LogP contribution in [-0.4, -0.2) is 16.9 Å². The van der Waals surface area contributed by atoms with Crippen LogP contribution in [0.5, 0.6) is 5.75 Å². The molecule has 1 heterocycles. The predicted octanol–water partition coefficient (Wildman–Crippen LogP) is 1.23. The molecule has 1 aromatic rings. The van der Waals surface area contributed by atoms with Gasteiger partial charge in [-0.3, -0.25) is 16.0 Å². The van der Waals surface area contributed by atoms with Crippen molar-refractivity contribution in [2.24, 2.45) is 42.5 Å². The minimum atomic E-state index is 0.181. The van der Waals surface area contributed by atoms with Crippen molar-refractivity contribution in [3.05, 3.63) is 11.9 Å². The number of hydrogen-bond donors (Lipinski definition) is 2. The Labute approximate surface area is 113 Å². The zero-order chi connectivity index (χ0) is 13.1. The summed E-state index contributed by atoms with van der Waals surface area (Å²) in [5.74, 6) is 11.1. The molecule has 0 saturated heterocycles. The number of nitrogens with zero attached hydrogens (tertiary/aromatic N) is 2. The van der Waals surface area contributed by atoms with Crippen LogP contribution in [0, 0.1) is 29.6 Å². The van der Waals surface area contributed by atoms with Gasteiger partial charge in [0.15, 0.2) is 5.75 Å². The summed E-state index contributed by atoms with van der Waals surface area (Å²) in [6.45, 7) is 0. The molecule has 19 heavy (non-hydrogen) atoms. The fourth-order valence-electron chi connectivity index (χ4n) is 5.15. The Balaban J connectivity index is 1.64. The molecule has 0 spiro atoms. The molecule has 104 valence electrons. The second-order valence-electron chi connectivity index (χ2n) is 6.43. The first-order chi connectivity index (χ1) is 9.26. The molecule has 2 bridgehead atoms. The molecule has 5 nitrogen and oxygen atoms in total. The van der Waals surface area contributed by atoms with Crippen molar-refractivity contribution >= 4 is 0 Å². The Morgan fingerprint density at radius 1 is 1.42 bits per heavy atom. The Morgan fingerprint density at radius 2 is 2.11 bits per heavy atom. The molecule has 5 unspecified atom stereocenters. The molecule has 0 amide bonds. The number of aromatic nitrogens is 2. The van der Waals surface area contributed by atoms with Gasteiger partial charge in [-0.15, -0.1) is 0 Å². The third-order valence-corrected chi connectivity index (χ3v) is 5.82. The van der Waals surface area contributed by atoms with Crippen LogP contribution in [0.1, 0.15) is 31.0 Å². The molecular formula is C14H22N4O. The highest BCUT2D eigenvalue weighted by molar-refractivity contribution is 5.32. The second-order valence-corrected chi connectivity index (χ2v) is 6.43. The minimum Gasteiger partial charge on any atom is -0.493 e. The Hall–Kier alpha value is -1.07. The topological polar surface area (TPSA) is 65.1 Å². The molecule has 3 N–H and O–H groups in total. The van der Waals surface area contributed by atoms with Crippen molar-refractivity contribution in [1.82, 2.24) is 15.2 Å². The highest BCUT2D eigenvalue weighted by Gasteiger charge is 2.67. The molecule has 0 radical (unpaired) electrons. The van der Waals surface area contributed by atoms with E-state index in [0.29, 0.717) is 5.92 Å². The standard InChI is InChI=1S/C14H22N4O/c1-18-14(9(19-2)6-16-18)13(17-15)12-10-7-3-4-8(5-7)11(10)12/h6-8,10-13,17H,3-5,15H2,1-2H3. The number of hydrogen-bond acceptors (Lipinski definition) is 4. The molecule has 4 rings (SSSR count). The van der Waals surface area contributed by atoms with E-state index in [2.05, 4.69) is 10.5 Å². The first kappa shape index (κ1) is 11.7. The van der Waals surface area contributed by atoms with E-state index in [0.717, 1.165) is 35.1 Å². The lowest BCUT2D eigenvalue weighted by molar-refractivity contribution is 0.342. The van der Waals surface area contributed by atoms with Crippen LogP contribution < -0.4 is 16.0 Å². The summed E-state index contributed by atoms with van der Waals surface area (Å²) < 4.78 is 7.34. The number of aryl methyl sites for hydroxylation is 1. The Kier molecular flexibility index (Phi) is 2.45. The van der Waals surface area contributed by atoms with Crippen LogP contribution in [0.2, 0.25) is 0 Å². The molecule has 5 heteroatoms. The monoisotopic (exact) mass is 262 g/mol. The number of fused-ring (bicyclic) bond motifs is 5. The lowest BCUT2D eigenvalue weighted by Gasteiger charge is -2.21. The Bertz CT molecular complexity index is 484. The van der Waals surface area contributed by atoms with Crippen molar-refractivity contribution < 1.29 is 4.74 Å². The van der Waals surface area contributed by atoms with Crippen LogP contribution in [0.3, 0.4) is 0 Å². The van der Waals surface area contributed by atoms with Gasteiger partial charge < -0.3 is 4.74 Å². The van der Waals surface area contributed by atoms with Crippen molar-refractivity contribution in [3.63, 3.8) is 0 Å². The number of nitrogens with one attached hydrogen (secondary N) is 1. The Morgan fingerprint density at radius 3 is 2.68 bits per heavy atom. The van der Waals surface area contributed by atoms with Crippen LogP contribution in [0.25, 0.3) is 0 Å². The lowest BCUT2D eigenvalue weighted by atomic mass is 9.95. The molecule has 3 aliphatic rings. The van der Waals surface area contributed by atoms with Crippen molar-refractivity contribution in [3.8, 4) is 5.75 Å². The number of ether oxygens (including phenoxy) is 1. The normalized spacial score (nSPS) is 40.3. The first-order valence-corrected chi connectivity index (χ1v) is 7.28. The number of rotatable bonds is 4. The fourth-order valence-corrected chi connectivity index (χ4v) is 5.15. The minimum absolute atomic E-state index is 0.181. The zero-order valence-corrected chi connectivity index (χ0v) is 11.5. The number of nitrogens with two attached hydrogens (primary N) is 1. The van der Waals surface area contributed by atoms with Crippen LogP contribution in [0.15, 0.2) is 6.20 Å². The molecule has 1 aromatic heterocycles. The van der Waals surface area contributed by atoms with E-state index in [4.69, 9.17) is 10.6 Å². The SMILES string of the molecule is COc1cnn(C)c1C(NN)C1C2C3CCC(C3)C21. The maximum Gasteiger partial charge on any atom is 0.161 e. The number of methoxy groups -OCH3 is 1. The largest absolute Gasteiger partial charge is 0.493 e. The van der Waals surface area contributed by atoms with Crippen molar-refractivity contribution in [1.29, 1.82) is 0 Å². The lowest BCUT2D eigenvalue weighted by Crippen LogP contribution is -2.33. The molecule has 5 atom stereocenters. The van der Waals surface area contributed by atoms with Gasteiger partial charge in [0.05, 0.1) is 25.0 Å². The van der Waals surface area contributed by atoms with E-state index in [1.807, 2.05) is 11.7 Å². The zero-order valence-electron chi connectivity index (χ0n) is 11.5. The van der Waals surface area contributed by atoms with Crippen molar-refractivity contribution in [2.75, 3.05) is 7.11 Å². The summed E-state index contributed by atoms with van der Waals surface area (Å²) in [5.41, 5.74) is 4.14. The van der Waals surface area contributed by atoms with Gasteiger partial charge in [0, 0.05) is 7.05 Å². The molecule has 3 fully saturated rings. The van der Waals surface area contributed by atoms with Crippen LogP contribution >= 0.6 is 0 Å². The summed E-state index contributed by atoms with van der Waals surface area (Å²) in [5, 5.41) is 4.31. The maximum absolute atomic E-state index is 5.87. The summed E-state index contributed by atoms with van der Waals surface area (Å²) >= 11 is 0. The van der Waals surface area contributed by atoms with Gasteiger partial charge >= 0.3 is 0 Å². The van der Waals surface area contributed by atoms with E-state index in [-0.39, 0.29) is 6.04 Å². The van der Waals surface area contributed by atoms with Gasteiger partial charge in [-0.05, 0) is 48.9 Å². The summed E-state index contributed by atoms with van der Waals surface area (Å²) in [4.78, 5) is 0. The molecule has 3 saturated carbocycles. The van der Waals surface area contributed by atoms with E-state index >= 15 is 0 Å². The predicted molar refractivity (Wildman–Crippen MR) is 71.1 cm³/mol. The van der Waals surface area contributed by atoms with Crippen LogP contribution in [-0.2, 0) is 7.05 Å². The number of hydrazine groups is 1. The van der Waals surface area contributed by atoms with Gasteiger partial charge in [-0.25, -0.2) is 0 Å². The van der Waals surface area contributed by atoms with E-state index in [1.54, 1.807) is 13.3 Å². The van der Waals surface area contributed by atoms with E-state index in [9.17, 15) is 0 Å². The van der Waals surface area contributed by atoms with E-state index < -0.39 is 0 Å². The fraction of sp³-hybridized carbons (Fsp3) is 0.786. The highest BCUT2D eigenvalue weighted by Crippen LogP contribution is 2.72. The summed E-state index contributed by atoms with van der Waals surface area (Å²) in [7, 11) is 3.67. The molecule has 3 aliphatic carbocycles. The van der Waals surface area contributed by atoms with Crippen molar-refractivity contribution in [2.45, 2.75) is 25.3 Å². The average Bonchev–Trinajstić information content (AvgIpc) is 2.77. The second kappa shape index (κ2) is 3.96. The van der Waals surface area contributed by atoms with Gasteiger partial charge in [0.1, 0.15) is 0 Å². The van der Waals surface area contributed by atoms with Gasteiger partial charge in [0.25, 0.3) is 0 Å². The summed E-state index contributed by atoms with van der Waals surface area (Å²) in [6, 6.07) is 0.181. The quantitative estimate of drug-likeness (QED) is 0.632. The van der Waals surface area contributed by atoms with Gasteiger partial charge in [-0.2, -0.15) is 5.10 Å². The average molecular weight is 262 g/mol.